The van der Waals surface area contributed by atoms with E-state index in [0.29, 0.717) is 0 Å². The maximum absolute atomic E-state index is 4.15. The number of nitrogens with one attached hydrogen (secondary N) is 1. The Kier molecular flexibility index (Phi) is 3.98. The average molecular weight is 232 g/mol. The van der Waals surface area contributed by atoms with Crippen molar-refractivity contribution in [3.8, 4) is 0 Å². The van der Waals surface area contributed by atoms with Gasteiger partial charge in [0.1, 0.15) is 0 Å². The highest BCUT2D eigenvalue weighted by molar-refractivity contribution is 5.08. The molecule has 0 spiro atoms. The number of aryl methyl sites for hydroxylation is 2. The highest BCUT2D eigenvalue weighted by Gasteiger charge is 2.00. The average Bonchev–Trinajstić information content (AvgIpc) is 2.90. The van der Waals surface area contributed by atoms with Gasteiger partial charge < -0.3 is 9.88 Å². The molecule has 0 radical (unpaired) electrons. The summed E-state index contributed by atoms with van der Waals surface area (Å²) in [6, 6.07) is 4.28. The molecule has 0 atom stereocenters. The van der Waals surface area contributed by atoms with E-state index in [0.717, 1.165) is 19.6 Å². The predicted octanol–water partition coefficient (Wildman–Crippen LogP) is 1.92. The van der Waals surface area contributed by atoms with Crippen LogP contribution in [0.25, 0.3) is 0 Å². The molecule has 4 heteroatoms. The predicted molar refractivity (Wildman–Crippen MR) is 68.5 cm³/mol. The highest BCUT2D eigenvalue weighted by atomic mass is 15.2. The van der Waals surface area contributed by atoms with E-state index in [1.54, 1.807) is 0 Å². The summed E-state index contributed by atoms with van der Waals surface area (Å²) in [6.45, 7) is 5.07. The van der Waals surface area contributed by atoms with Crippen LogP contribution in [0, 0.1) is 0 Å². The van der Waals surface area contributed by atoms with Gasteiger partial charge in [-0.1, -0.05) is 6.92 Å². The minimum Gasteiger partial charge on any atom is -0.350 e. The lowest BCUT2D eigenvalue weighted by atomic mass is 10.3. The van der Waals surface area contributed by atoms with Gasteiger partial charge in [-0.2, -0.15) is 5.10 Å². The molecule has 0 aromatic carbocycles. The van der Waals surface area contributed by atoms with Crippen molar-refractivity contribution in [2.24, 2.45) is 7.05 Å². The molecule has 2 rings (SSSR count). The Hall–Kier alpha value is -1.55. The van der Waals surface area contributed by atoms with Gasteiger partial charge in [0.25, 0.3) is 0 Å². The zero-order valence-electron chi connectivity index (χ0n) is 10.6. The molecule has 17 heavy (non-hydrogen) atoms. The standard InChI is InChI=1S/C13H20N4/c1-3-6-17-7-4-5-13(17)10-14-8-12-9-15-16(2)11-12/h4-5,7,9,11,14H,3,6,8,10H2,1-2H3. The Balaban J connectivity index is 1.83. The van der Waals surface area contributed by atoms with E-state index in [-0.39, 0.29) is 0 Å². The molecule has 0 unspecified atom stereocenters. The van der Waals surface area contributed by atoms with E-state index < -0.39 is 0 Å². The summed E-state index contributed by atoms with van der Waals surface area (Å²) in [5.74, 6) is 0. The van der Waals surface area contributed by atoms with Crippen molar-refractivity contribution < 1.29 is 0 Å². The summed E-state index contributed by atoms with van der Waals surface area (Å²) < 4.78 is 4.13. The van der Waals surface area contributed by atoms with Gasteiger partial charge in [-0.15, -0.1) is 0 Å². The molecule has 0 aliphatic carbocycles. The third-order valence-corrected chi connectivity index (χ3v) is 2.78. The van der Waals surface area contributed by atoms with Gasteiger partial charge in [0.05, 0.1) is 6.20 Å². The van der Waals surface area contributed by atoms with Crippen molar-refractivity contribution in [1.82, 2.24) is 19.7 Å². The van der Waals surface area contributed by atoms with Gasteiger partial charge >= 0.3 is 0 Å². The van der Waals surface area contributed by atoms with Gasteiger partial charge in [0.15, 0.2) is 0 Å². The van der Waals surface area contributed by atoms with Crippen LogP contribution in [0.5, 0.6) is 0 Å². The van der Waals surface area contributed by atoms with Gasteiger partial charge in [-0.3, -0.25) is 4.68 Å². The molecule has 0 saturated carbocycles. The molecule has 0 amide bonds. The second-order valence-corrected chi connectivity index (χ2v) is 4.32. The van der Waals surface area contributed by atoms with Crippen LogP contribution in [-0.4, -0.2) is 14.3 Å². The second kappa shape index (κ2) is 5.68. The Morgan fingerprint density at radius 1 is 1.35 bits per heavy atom. The number of nitrogens with zero attached hydrogens (tertiary/aromatic N) is 3. The van der Waals surface area contributed by atoms with E-state index in [9.17, 15) is 0 Å². The van der Waals surface area contributed by atoms with E-state index in [4.69, 9.17) is 0 Å². The summed E-state index contributed by atoms with van der Waals surface area (Å²) >= 11 is 0. The number of hydrogen-bond donors (Lipinski definition) is 1. The van der Waals surface area contributed by atoms with Gasteiger partial charge in [0.2, 0.25) is 0 Å². The molecule has 2 heterocycles. The third kappa shape index (κ3) is 3.20. The summed E-state index contributed by atoms with van der Waals surface area (Å²) in [4.78, 5) is 0. The Morgan fingerprint density at radius 3 is 2.94 bits per heavy atom. The Morgan fingerprint density at radius 2 is 2.24 bits per heavy atom. The van der Waals surface area contributed by atoms with Gasteiger partial charge in [0, 0.05) is 50.3 Å². The number of hydrogen-bond acceptors (Lipinski definition) is 2. The van der Waals surface area contributed by atoms with Crippen molar-refractivity contribution in [3.05, 3.63) is 42.0 Å². The molecular formula is C13H20N4. The van der Waals surface area contributed by atoms with Crippen LogP contribution >= 0.6 is 0 Å². The summed E-state index contributed by atoms with van der Waals surface area (Å²) in [5, 5.41) is 7.59. The van der Waals surface area contributed by atoms with Crippen LogP contribution < -0.4 is 5.32 Å². The summed E-state index contributed by atoms with van der Waals surface area (Å²) in [7, 11) is 1.94. The first kappa shape index (κ1) is 11.9. The summed E-state index contributed by atoms with van der Waals surface area (Å²) in [5.41, 5.74) is 2.57. The van der Waals surface area contributed by atoms with E-state index in [1.807, 2.05) is 24.1 Å². The van der Waals surface area contributed by atoms with Crippen molar-refractivity contribution in [2.45, 2.75) is 33.0 Å². The van der Waals surface area contributed by atoms with Crippen LogP contribution in [0.1, 0.15) is 24.6 Å². The number of rotatable bonds is 6. The molecule has 2 aromatic heterocycles. The molecule has 4 nitrogen and oxygen atoms in total. The summed E-state index contributed by atoms with van der Waals surface area (Å²) in [6.07, 6.45) is 7.26. The largest absolute Gasteiger partial charge is 0.350 e. The molecule has 0 aliphatic rings. The minimum atomic E-state index is 0.866. The second-order valence-electron chi connectivity index (χ2n) is 4.32. The fraction of sp³-hybridized carbons (Fsp3) is 0.462. The van der Waals surface area contributed by atoms with Crippen LogP contribution in [-0.2, 0) is 26.7 Å². The van der Waals surface area contributed by atoms with Crippen molar-refractivity contribution in [1.29, 1.82) is 0 Å². The van der Waals surface area contributed by atoms with Gasteiger partial charge in [-0.25, -0.2) is 0 Å². The van der Waals surface area contributed by atoms with Crippen LogP contribution in [0.4, 0.5) is 0 Å². The Bertz CT molecular complexity index is 455. The van der Waals surface area contributed by atoms with Crippen molar-refractivity contribution >= 4 is 0 Å². The smallest absolute Gasteiger partial charge is 0.0534 e. The Labute approximate surface area is 102 Å². The zero-order chi connectivity index (χ0) is 12.1. The lowest BCUT2D eigenvalue weighted by molar-refractivity contribution is 0.602. The minimum absolute atomic E-state index is 0.866. The maximum atomic E-state index is 4.15. The molecule has 0 bridgehead atoms. The molecule has 0 saturated heterocycles. The van der Waals surface area contributed by atoms with Crippen molar-refractivity contribution in [3.63, 3.8) is 0 Å². The van der Waals surface area contributed by atoms with Crippen LogP contribution in [0.2, 0.25) is 0 Å². The quantitative estimate of drug-likeness (QED) is 0.825. The lowest BCUT2D eigenvalue weighted by Gasteiger charge is -2.08. The lowest BCUT2D eigenvalue weighted by Crippen LogP contribution is -2.15. The maximum Gasteiger partial charge on any atom is 0.0534 e. The molecule has 1 N–H and O–H groups in total. The van der Waals surface area contributed by atoms with Crippen molar-refractivity contribution in [2.75, 3.05) is 0 Å². The first-order valence-electron chi connectivity index (χ1n) is 6.12. The first-order chi connectivity index (χ1) is 8.29. The molecule has 0 aliphatic heterocycles. The topological polar surface area (TPSA) is 34.8 Å². The van der Waals surface area contributed by atoms with Gasteiger partial charge in [-0.05, 0) is 18.6 Å². The number of aromatic nitrogens is 3. The van der Waals surface area contributed by atoms with Crippen LogP contribution in [0.15, 0.2) is 30.7 Å². The monoisotopic (exact) mass is 232 g/mol. The molecule has 92 valence electrons. The highest BCUT2D eigenvalue weighted by Crippen LogP contribution is 2.04. The van der Waals surface area contributed by atoms with Crippen LogP contribution in [0.3, 0.4) is 0 Å². The normalized spacial score (nSPS) is 10.9. The van der Waals surface area contributed by atoms with E-state index in [2.05, 4.69) is 40.2 Å². The zero-order valence-corrected chi connectivity index (χ0v) is 10.6. The first-order valence-corrected chi connectivity index (χ1v) is 6.12. The fourth-order valence-electron chi connectivity index (χ4n) is 1.97. The molecular weight excluding hydrogens is 212 g/mol. The third-order valence-electron chi connectivity index (χ3n) is 2.78. The van der Waals surface area contributed by atoms with E-state index >= 15 is 0 Å². The molecule has 0 fully saturated rings. The SMILES string of the molecule is CCCn1cccc1CNCc1cnn(C)c1. The molecule has 2 aromatic rings. The van der Waals surface area contributed by atoms with E-state index in [1.165, 1.54) is 17.7 Å². The fourth-order valence-corrected chi connectivity index (χ4v) is 1.97.